The summed E-state index contributed by atoms with van der Waals surface area (Å²) in [5.74, 6) is -0.217. The van der Waals surface area contributed by atoms with Gasteiger partial charge in [0.1, 0.15) is 0 Å². The first-order valence-electron chi connectivity index (χ1n) is 3.99. The van der Waals surface area contributed by atoms with Crippen LogP contribution in [0.25, 0.3) is 0 Å². The van der Waals surface area contributed by atoms with Crippen molar-refractivity contribution in [3.63, 3.8) is 0 Å². The molecule has 0 unspecified atom stereocenters. The van der Waals surface area contributed by atoms with Gasteiger partial charge in [0, 0.05) is 25.9 Å². The molecule has 0 saturated heterocycles. The monoisotopic (exact) mass is 179 g/mol. The molecule has 4 heteroatoms. The Hall–Kier alpha value is -0.670. The molecule has 0 aliphatic carbocycles. The van der Waals surface area contributed by atoms with Crippen molar-refractivity contribution >= 4 is 5.91 Å². The second kappa shape index (κ2) is 5.06. The van der Waals surface area contributed by atoms with Crippen molar-refractivity contribution in [1.82, 2.24) is 4.90 Å². The van der Waals surface area contributed by atoms with Gasteiger partial charge < -0.3 is 4.90 Å². The van der Waals surface area contributed by atoms with Crippen molar-refractivity contribution in [2.24, 2.45) is 0 Å². The maximum atomic E-state index is 11.7. The van der Waals surface area contributed by atoms with Gasteiger partial charge in [-0.1, -0.05) is 0 Å². The van der Waals surface area contributed by atoms with Crippen molar-refractivity contribution in [2.45, 2.75) is 39.2 Å². The minimum absolute atomic E-state index is 0.0631. The van der Waals surface area contributed by atoms with Crippen molar-refractivity contribution in [2.75, 3.05) is 7.05 Å². The third-order valence-electron chi connectivity index (χ3n) is 1.74. The van der Waals surface area contributed by atoms with E-state index in [1.54, 1.807) is 7.05 Å². The highest BCUT2D eigenvalue weighted by molar-refractivity contribution is 5.76. The molecule has 0 aliphatic rings. The highest BCUT2D eigenvalue weighted by atomic mass is 19.3. The maximum Gasteiger partial charge on any atom is 0.239 e. The van der Waals surface area contributed by atoms with Crippen molar-refractivity contribution in [3.05, 3.63) is 0 Å². The Kier molecular flexibility index (Phi) is 4.78. The van der Waals surface area contributed by atoms with Gasteiger partial charge in [0.15, 0.2) is 0 Å². The lowest BCUT2D eigenvalue weighted by Crippen LogP contribution is -2.33. The van der Waals surface area contributed by atoms with E-state index in [9.17, 15) is 13.6 Å². The highest BCUT2D eigenvalue weighted by Crippen LogP contribution is 2.06. The van der Waals surface area contributed by atoms with Crippen LogP contribution in [0.15, 0.2) is 0 Å². The van der Waals surface area contributed by atoms with Gasteiger partial charge in [-0.25, -0.2) is 8.78 Å². The predicted octanol–water partition coefficient (Wildman–Crippen LogP) is 1.90. The maximum absolute atomic E-state index is 11.7. The van der Waals surface area contributed by atoms with Gasteiger partial charge in [-0.2, -0.15) is 0 Å². The second-order valence-electron chi connectivity index (χ2n) is 3.03. The lowest BCUT2D eigenvalue weighted by atomic mass is 10.2. The van der Waals surface area contributed by atoms with E-state index in [1.807, 2.05) is 13.8 Å². The van der Waals surface area contributed by atoms with Crippen LogP contribution >= 0.6 is 0 Å². The summed E-state index contributed by atoms with van der Waals surface area (Å²) in [7, 11) is 1.62. The van der Waals surface area contributed by atoms with Crippen LogP contribution in [-0.4, -0.2) is 30.3 Å². The normalized spacial score (nSPS) is 10.9. The second-order valence-corrected chi connectivity index (χ2v) is 3.03. The fourth-order valence-electron chi connectivity index (χ4n) is 0.697. The molecule has 0 aromatic heterocycles. The quantitative estimate of drug-likeness (QED) is 0.645. The first-order chi connectivity index (χ1) is 5.45. The van der Waals surface area contributed by atoms with E-state index in [4.69, 9.17) is 0 Å². The van der Waals surface area contributed by atoms with Crippen LogP contribution in [-0.2, 0) is 4.79 Å². The summed E-state index contributed by atoms with van der Waals surface area (Å²) < 4.78 is 23.4. The standard InChI is InChI=1S/C8H15F2NO/c1-6(2)11(3)8(12)5-4-7(9)10/h6-7H,4-5H2,1-3H3. The molecule has 0 spiro atoms. The van der Waals surface area contributed by atoms with Crippen LogP contribution in [0.5, 0.6) is 0 Å². The lowest BCUT2D eigenvalue weighted by Gasteiger charge is -2.21. The Bertz CT molecular complexity index is 148. The fraction of sp³-hybridized carbons (Fsp3) is 0.875. The fourth-order valence-corrected chi connectivity index (χ4v) is 0.697. The number of halogens is 2. The highest BCUT2D eigenvalue weighted by Gasteiger charge is 2.13. The molecule has 0 heterocycles. The number of nitrogens with zero attached hydrogens (tertiary/aromatic N) is 1. The Morgan fingerprint density at radius 2 is 1.92 bits per heavy atom. The van der Waals surface area contributed by atoms with Crippen molar-refractivity contribution in [1.29, 1.82) is 0 Å². The molecule has 0 bridgehead atoms. The van der Waals surface area contributed by atoms with Crippen LogP contribution in [0.3, 0.4) is 0 Å². The third kappa shape index (κ3) is 4.26. The van der Waals surface area contributed by atoms with Crippen molar-refractivity contribution < 1.29 is 13.6 Å². The number of alkyl halides is 2. The predicted molar refractivity (Wildman–Crippen MR) is 43.1 cm³/mol. The van der Waals surface area contributed by atoms with E-state index in [-0.39, 0.29) is 24.8 Å². The summed E-state index contributed by atoms with van der Waals surface area (Å²) >= 11 is 0. The SMILES string of the molecule is CC(C)N(C)C(=O)CCC(F)F. The Morgan fingerprint density at radius 3 is 2.25 bits per heavy atom. The molecule has 0 aromatic carbocycles. The van der Waals surface area contributed by atoms with E-state index >= 15 is 0 Å². The summed E-state index contributed by atoms with van der Waals surface area (Å²) in [6.45, 7) is 3.69. The number of amides is 1. The van der Waals surface area contributed by atoms with Crippen LogP contribution in [0.2, 0.25) is 0 Å². The third-order valence-corrected chi connectivity index (χ3v) is 1.74. The number of carbonyl (C=O) groups excluding carboxylic acids is 1. The minimum atomic E-state index is -2.38. The molecule has 0 saturated carbocycles. The van der Waals surface area contributed by atoms with Gasteiger partial charge in [-0.3, -0.25) is 4.79 Å². The summed E-state index contributed by atoms with van der Waals surface area (Å²) in [5.41, 5.74) is 0. The molecule has 2 nitrogen and oxygen atoms in total. The Morgan fingerprint density at radius 1 is 1.42 bits per heavy atom. The molecule has 0 N–H and O–H groups in total. The molecule has 0 atom stereocenters. The molecule has 0 radical (unpaired) electrons. The van der Waals surface area contributed by atoms with Crippen LogP contribution in [0.4, 0.5) is 8.78 Å². The topological polar surface area (TPSA) is 20.3 Å². The smallest absolute Gasteiger partial charge is 0.239 e. The van der Waals surface area contributed by atoms with Gasteiger partial charge in [0.2, 0.25) is 12.3 Å². The largest absolute Gasteiger partial charge is 0.343 e. The molecule has 0 fully saturated rings. The van der Waals surface area contributed by atoms with Crippen LogP contribution in [0.1, 0.15) is 26.7 Å². The average molecular weight is 179 g/mol. The van der Waals surface area contributed by atoms with Crippen LogP contribution < -0.4 is 0 Å². The van der Waals surface area contributed by atoms with Gasteiger partial charge in [-0.15, -0.1) is 0 Å². The number of rotatable bonds is 4. The Balaban J connectivity index is 3.72. The van der Waals surface area contributed by atoms with E-state index in [0.717, 1.165) is 0 Å². The van der Waals surface area contributed by atoms with Crippen LogP contribution in [0, 0.1) is 0 Å². The summed E-state index contributed by atoms with van der Waals surface area (Å²) in [6, 6.07) is 0.0789. The van der Waals surface area contributed by atoms with Gasteiger partial charge >= 0.3 is 0 Å². The first-order valence-corrected chi connectivity index (χ1v) is 3.99. The zero-order chi connectivity index (χ0) is 9.72. The molecule has 0 aliphatic heterocycles. The molecule has 0 aromatic rings. The molecule has 72 valence electrons. The van der Waals surface area contributed by atoms with E-state index in [0.29, 0.717) is 0 Å². The summed E-state index contributed by atoms with van der Waals surface area (Å²) in [5, 5.41) is 0. The number of carbonyl (C=O) groups is 1. The van der Waals surface area contributed by atoms with Crippen molar-refractivity contribution in [3.8, 4) is 0 Å². The molecule has 0 rings (SSSR count). The van der Waals surface area contributed by atoms with Gasteiger partial charge in [0.25, 0.3) is 0 Å². The first kappa shape index (κ1) is 11.3. The van der Waals surface area contributed by atoms with Gasteiger partial charge in [0.05, 0.1) is 0 Å². The zero-order valence-electron chi connectivity index (χ0n) is 7.68. The summed E-state index contributed by atoms with van der Waals surface area (Å²) in [6.07, 6.45) is -2.78. The molecular formula is C8H15F2NO. The van der Waals surface area contributed by atoms with Gasteiger partial charge in [-0.05, 0) is 13.8 Å². The molecular weight excluding hydrogens is 164 g/mol. The van der Waals surface area contributed by atoms with E-state index in [1.165, 1.54) is 4.90 Å². The number of hydrogen-bond acceptors (Lipinski definition) is 1. The lowest BCUT2D eigenvalue weighted by molar-refractivity contribution is -0.132. The number of hydrogen-bond donors (Lipinski definition) is 0. The van der Waals surface area contributed by atoms with E-state index in [2.05, 4.69) is 0 Å². The zero-order valence-corrected chi connectivity index (χ0v) is 7.68. The molecule has 12 heavy (non-hydrogen) atoms. The van der Waals surface area contributed by atoms with E-state index < -0.39 is 6.43 Å². The minimum Gasteiger partial charge on any atom is -0.343 e. The Labute approximate surface area is 71.5 Å². The molecule has 1 amide bonds. The summed E-state index contributed by atoms with van der Waals surface area (Å²) in [4.78, 5) is 12.6. The average Bonchev–Trinajstić information content (AvgIpc) is 1.98.